The van der Waals surface area contributed by atoms with Crippen molar-refractivity contribution < 1.29 is 9.53 Å². The van der Waals surface area contributed by atoms with Crippen molar-refractivity contribution >= 4 is 11.9 Å². The molecule has 128 valence electrons. The van der Waals surface area contributed by atoms with Crippen LogP contribution in [0.1, 0.15) is 40.0 Å². The molecule has 1 aromatic rings. The molecule has 0 atom stereocenters. The Bertz CT molecular complexity index is 485. The van der Waals surface area contributed by atoms with E-state index >= 15 is 0 Å². The molecule has 0 radical (unpaired) electrons. The first-order valence-corrected chi connectivity index (χ1v) is 8.43. The highest BCUT2D eigenvalue weighted by atomic mass is 16.5. The highest BCUT2D eigenvalue weighted by molar-refractivity contribution is 5.70. The third kappa shape index (κ3) is 5.78. The number of carbonyl (C=O) groups excluding carboxylic acids is 1. The molecular formula is C17H28N4O2. The number of esters is 1. The first-order chi connectivity index (χ1) is 11.0. The van der Waals surface area contributed by atoms with Crippen molar-refractivity contribution in [1.29, 1.82) is 0 Å². The molecule has 2 heterocycles. The molecule has 6 heteroatoms. The van der Waals surface area contributed by atoms with Crippen LogP contribution in [0.15, 0.2) is 18.5 Å². The second kappa shape index (κ2) is 8.24. The molecule has 1 aliphatic heterocycles. The van der Waals surface area contributed by atoms with Crippen LogP contribution in [0.3, 0.4) is 0 Å². The van der Waals surface area contributed by atoms with E-state index in [0.717, 1.165) is 38.4 Å². The fourth-order valence-corrected chi connectivity index (χ4v) is 2.85. The molecule has 0 saturated carbocycles. The van der Waals surface area contributed by atoms with Gasteiger partial charge in [-0.25, -0.2) is 9.97 Å². The van der Waals surface area contributed by atoms with Gasteiger partial charge in [-0.2, -0.15) is 0 Å². The Kier molecular flexibility index (Phi) is 6.33. The summed E-state index contributed by atoms with van der Waals surface area (Å²) in [5.41, 5.74) is -0.230. The Balaban J connectivity index is 1.73. The predicted octanol–water partition coefficient (Wildman–Crippen LogP) is 2.01. The predicted molar refractivity (Wildman–Crippen MR) is 90.3 cm³/mol. The van der Waals surface area contributed by atoms with Crippen molar-refractivity contribution in [2.45, 2.75) is 45.6 Å². The fraction of sp³-hybridized carbons (Fsp3) is 0.706. The molecule has 0 spiro atoms. The minimum Gasteiger partial charge on any atom is -0.466 e. The molecule has 2 rings (SSSR count). The van der Waals surface area contributed by atoms with Gasteiger partial charge < -0.3 is 15.0 Å². The number of anilines is 1. The smallest absolute Gasteiger partial charge is 0.307 e. The van der Waals surface area contributed by atoms with E-state index in [1.165, 1.54) is 0 Å². The topological polar surface area (TPSA) is 67.3 Å². The summed E-state index contributed by atoms with van der Waals surface area (Å²) in [6.07, 6.45) is 6.20. The second-order valence-corrected chi connectivity index (χ2v) is 6.73. The molecule has 1 fully saturated rings. The average Bonchev–Trinajstić information content (AvgIpc) is 2.54. The Morgan fingerprint density at radius 2 is 2.00 bits per heavy atom. The Morgan fingerprint density at radius 1 is 1.35 bits per heavy atom. The van der Waals surface area contributed by atoms with Crippen LogP contribution in [-0.2, 0) is 9.53 Å². The lowest BCUT2D eigenvalue weighted by Gasteiger charge is -2.34. The number of hydrogen-bond donors (Lipinski definition) is 1. The van der Waals surface area contributed by atoms with Crippen LogP contribution in [0, 0.1) is 5.92 Å². The quantitative estimate of drug-likeness (QED) is 0.775. The maximum absolute atomic E-state index is 11.6. The summed E-state index contributed by atoms with van der Waals surface area (Å²) >= 11 is 0. The molecular weight excluding hydrogens is 292 g/mol. The third-order valence-corrected chi connectivity index (χ3v) is 4.21. The second-order valence-electron chi connectivity index (χ2n) is 6.73. The maximum atomic E-state index is 11.6. The lowest BCUT2D eigenvalue weighted by molar-refractivity contribution is -0.144. The molecule has 0 unspecified atom stereocenters. The van der Waals surface area contributed by atoms with Crippen molar-refractivity contribution in [3.63, 3.8) is 0 Å². The van der Waals surface area contributed by atoms with Crippen LogP contribution in [0.2, 0.25) is 0 Å². The monoisotopic (exact) mass is 320 g/mol. The number of nitrogens with zero attached hydrogens (tertiary/aromatic N) is 3. The van der Waals surface area contributed by atoms with Crippen LogP contribution in [0.25, 0.3) is 0 Å². The normalized spacial score (nSPS) is 16.4. The summed E-state index contributed by atoms with van der Waals surface area (Å²) in [6.45, 7) is 9.27. The summed E-state index contributed by atoms with van der Waals surface area (Å²) in [6, 6.07) is 1.84. The zero-order chi connectivity index (χ0) is 16.7. The van der Waals surface area contributed by atoms with E-state index in [-0.39, 0.29) is 11.5 Å². The molecule has 0 amide bonds. The van der Waals surface area contributed by atoms with Crippen molar-refractivity contribution in [1.82, 2.24) is 15.3 Å². The lowest BCUT2D eigenvalue weighted by atomic mass is 9.94. The minimum atomic E-state index is -0.230. The van der Waals surface area contributed by atoms with Gasteiger partial charge in [0.05, 0.1) is 13.0 Å². The summed E-state index contributed by atoms with van der Waals surface area (Å²) in [5.74, 6) is 1.30. The molecule has 1 saturated heterocycles. The number of carbonyl (C=O) groups is 1. The highest BCUT2D eigenvalue weighted by Crippen LogP contribution is 2.21. The van der Waals surface area contributed by atoms with Crippen LogP contribution in [-0.4, -0.2) is 47.7 Å². The van der Waals surface area contributed by atoms with E-state index in [9.17, 15) is 4.79 Å². The van der Waals surface area contributed by atoms with E-state index in [1.807, 2.05) is 13.0 Å². The summed E-state index contributed by atoms with van der Waals surface area (Å²) < 4.78 is 5.03. The molecule has 1 N–H and O–H groups in total. The van der Waals surface area contributed by atoms with E-state index in [2.05, 4.69) is 34.0 Å². The third-order valence-electron chi connectivity index (χ3n) is 4.21. The number of nitrogens with one attached hydrogen (secondary N) is 1. The van der Waals surface area contributed by atoms with Crippen molar-refractivity contribution in [2.24, 2.45) is 5.92 Å². The molecule has 1 aliphatic rings. The van der Waals surface area contributed by atoms with E-state index in [0.29, 0.717) is 18.9 Å². The number of piperidine rings is 1. The van der Waals surface area contributed by atoms with Crippen LogP contribution < -0.4 is 10.2 Å². The Labute approximate surface area is 138 Å². The zero-order valence-electron chi connectivity index (χ0n) is 14.4. The number of ether oxygens (including phenoxy) is 1. The van der Waals surface area contributed by atoms with Crippen molar-refractivity contribution in [3.8, 4) is 0 Å². The SMILES string of the molecule is CCOC(=O)CC(C)(C)NCC1CCN(c2ncccn2)CC1. The van der Waals surface area contributed by atoms with Gasteiger partial charge in [0.15, 0.2) is 0 Å². The summed E-state index contributed by atoms with van der Waals surface area (Å²) in [5, 5.41) is 3.52. The number of rotatable bonds is 7. The molecule has 0 bridgehead atoms. The number of hydrogen-bond acceptors (Lipinski definition) is 6. The fourth-order valence-electron chi connectivity index (χ4n) is 2.85. The Morgan fingerprint density at radius 3 is 2.61 bits per heavy atom. The van der Waals surface area contributed by atoms with Crippen molar-refractivity contribution in [2.75, 3.05) is 31.1 Å². The van der Waals surface area contributed by atoms with Gasteiger partial charge in [0.25, 0.3) is 0 Å². The van der Waals surface area contributed by atoms with Gasteiger partial charge >= 0.3 is 5.97 Å². The Hall–Kier alpha value is -1.69. The van der Waals surface area contributed by atoms with Crippen LogP contribution in [0.4, 0.5) is 5.95 Å². The van der Waals surface area contributed by atoms with Gasteiger partial charge in [-0.05, 0) is 52.1 Å². The standard InChI is InChI=1S/C17H28N4O2/c1-4-23-15(22)12-17(2,3)20-13-14-6-10-21(11-7-14)16-18-8-5-9-19-16/h5,8-9,14,20H,4,6-7,10-13H2,1-3H3. The highest BCUT2D eigenvalue weighted by Gasteiger charge is 2.26. The van der Waals surface area contributed by atoms with Crippen LogP contribution >= 0.6 is 0 Å². The molecule has 1 aromatic heterocycles. The number of aromatic nitrogens is 2. The maximum Gasteiger partial charge on any atom is 0.307 e. The van der Waals surface area contributed by atoms with Gasteiger partial charge in [0.1, 0.15) is 0 Å². The van der Waals surface area contributed by atoms with Gasteiger partial charge in [0.2, 0.25) is 5.95 Å². The molecule has 0 aliphatic carbocycles. The lowest BCUT2D eigenvalue weighted by Crippen LogP contribution is -2.46. The largest absolute Gasteiger partial charge is 0.466 e. The van der Waals surface area contributed by atoms with E-state index in [4.69, 9.17) is 4.74 Å². The van der Waals surface area contributed by atoms with E-state index < -0.39 is 0 Å². The first kappa shape index (κ1) is 17.7. The first-order valence-electron chi connectivity index (χ1n) is 8.43. The van der Waals surface area contributed by atoms with Crippen LogP contribution in [0.5, 0.6) is 0 Å². The molecule has 23 heavy (non-hydrogen) atoms. The van der Waals surface area contributed by atoms with E-state index in [1.54, 1.807) is 12.4 Å². The van der Waals surface area contributed by atoms with Gasteiger partial charge in [0, 0.05) is 31.0 Å². The average molecular weight is 320 g/mol. The van der Waals surface area contributed by atoms with Gasteiger partial charge in [-0.15, -0.1) is 0 Å². The van der Waals surface area contributed by atoms with Crippen molar-refractivity contribution in [3.05, 3.63) is 18.5 Å². The molecule has 0 aromatic carbocycles. The van der Waals surface area contributed by atoms with Gasteiger partial charge in [-0.3, -0.25) is 4.79 Å². The summed E-state index contributed by atoms with van der Waals surface area (Å²) in [4.78, 5) is 22.5. The minimum absolute atomic E-state index is 0.138. The zero-order valence-corrected chi connectivity index (χ0v) is 14.4. The summed E-state index contributed by atoms with van der Waals surface area (Å²) in [7, 11) is 0. The van der Waals surface area contributed by atoms with Gasteiger partial charge in [-0.1, -0.05) is 0 Å². The molecule has 6 nitrogen and oxygen atoms in total.